The molecule has 0 radical (unpaired) electrons. The fourth-order valence-electron chi connectivity index (χ4n) is 3.05. The van der Waals surface area contributed by atoms with E-state index in [2.05, 4.69) is 10.6 Å². The van der Waals surface area contributed by atoms with Crippen molar-refractivity contribution in [2.75, 3.05) is 7.11 Å². The van der Waals surface area contributed by atoms with Gasteiger partial charge in [-0.1, -0.05) is 57.2 Å². The average molecular weight is 475 g/mol. The maximum absolute atomic E-state index is 12.6. The van der Waals surface area contributed by atoms with Crippen LogP contribution in [0.15, 0.2) is 60.6 Å². The molecule has 0 saturated heterocycles. The zero-order chi connectivity index (χ0) is 25.6. The summed E-state index contributed by atoms with van der Waals surface area (Å²) >= 11 is 0. The number of esters is 1. The maximum atomic E-state index is 12.6. The van der Waals surface area contributed by atoms with Crippen molar-refractivity contribution in [2.45, 2.75) is 71.6 Å². The molecule has 2 amide bonds. The number of methoxy groups -OCH3 is 1. The van der Waals surface area contributed by atoms with Crippen molar-refractivity contribution in [3.8, 4) is 0 Å². The van der Waals surface area contributed by atoms with E-state index in [-0.39, 0.29) is 17.8 Å². The number of rotatable bonds is 12. The number of hydrogen-bond donors (Lipinski definition) is 3. The second-order valence-electron chi connectivity index (χ2n) is 8.97. The number of cyclic esters (lactones) is 1. The minimum atomic E-state index is -0.755. The first-order valence-corrected chi connectivity index (χ1v) is 11.4. The number of amides is 2. The van der Waals surface area contributed by atoms with Gasteiger partial charge in [0.25, 0.3) is 0 Å². The van der Waals surface area contributed by atoms with Crippen LogP contribution in [-0.4, -0.2) is 48.2 Å². The summed E-state index contributed by atoms with van der Waals surface area (Å²) < 4.78 is 10.2. The monoisotopic (exact) mass is 474 g/mol. The highest BCUT2D eigenvalue weighted by Gasteiger charge is 2.31. The lowest BCUT2D eigenvalue weighted by atomic mass is 9.86. The van der Waals surface area contributed by atoms with Crippen molar-refractivity contribution < 1.29 is 29.0 Å². The Kier molecular flexibility index (Phi) is 12.7. The number of hydrogen-bond acceptors (Lipinski definition) is 6. The average Bonchev–Trinajstić information content (AvgIpc) is 2.77. The van der Waals surface area contributed by atoms with E-state index in [0.717, 1.165) is 0 Å². The Balaban J connectivity index is 2.53. The van der Waals surface area contributed by atoms with Crippen molar-refractivity contribution in [1.29, 1.82) is 0 Å². The predicted molar refractivity (Wildman–Crippen MR) is 131 cm³/mol. The molecular weight excluding hydrogens is 436 g/mol. The SMILES string of the molecule is C/C=C\C[C@H](O)C/C=C\NC(=O)[C@@H](NC(=O)/C=C/C=C/C[C@@H]1CC=C(OC)C(=O)O1)C(C)(C)C. The van der Waals surface area contributed by atoms with Gasteiger partial charge in [-0.25, -0.2) is 4.79 Å². The molecule has 8 nitrogen and oxygen atoms in total. The van der Waals surface area contributed by atoms with E-state index in [1.54, 1.807) is 30.4 Å². The van der Waals surface area contributed by atoms with Crippen LogP contribution in [0.5, 0.6) is 0 Å². The van der Waals surface area contributed by atoms with Crippen molar-refractivity contribution in [3.63, 3.8) is 0 Å². The molecule has 3 atom stereocenters. The van der Waals surface area contributed by atoms with Gasteiger partial charge in [-0.15, -0.1) is 0 Å². The third-order valence-corrected chi connectivity index (χ3v) is 4.96. The van der Waals surface area contributed by atoms with Crippen molar-refractivity contribution >= 4 is 17.8 Å². The topological polar surface area (TPSA) is 114 Å². The Morgan fingerprint density at radius 2 is 1.94 bits per heavy atom. The Hall–Kier alpha value is -3.13. The molecule has 0 aliphatic carbocycles. The van der Waals surface area contributed by atoms with Crippen LogP contribution in [0.4, 0.5) is 0 Å². The first kappa shape index (κ1) is 28.9. The van der Waals surface area contributed by atoms with E-state index < -0.39 is 29.4 Å². The first-order chi connectivity index (χ1) is 16.1. The Morgan fingerprint density at radius 3 is 2.56 bits per heavy atom. The highest BCUT2D eigenvalue weighted by atomic mass is 16.6. The van der Waals surface area contributed by atoms with E-state index in [1.807, 2.05) is 39.8 Å². The molecule has 1 heterocycles. The highest BCUT2D eigenvalue weighted by molar-refractivity contribution is 5.93. The van der Waals surface area contributed by atoms with Crippen LogP contribution >= 0.6 is 0 Å². The van der Waals surface area contributed by atoms with Crippen LogP contribution in [0, 0.1) is 5.41 Å². The number of nitrogens with one attached hydrogen (secondary N) is 2. The van der Waals surface area contributed by atoms with Crippen LogP contribution in [-0.2, 0) is 23.9 Å². The van der Waals surface area contributed by atoms with Gasteiger partial charge in [-0.2, -0.15) is 0 Å². The second kappa shape index (κ2) is 14.9. The number of aliphatic hydroxyl groups excluding tert-OH is 1. The minimum absolute atomic E-state index is 0.215. The second-order valence-corrected chi connectivity index (χ2v) is 8.97. The molecule has 0 spiro atoms. The van der Waals surface area contributed by atoms with E-state index in [1.165, 1.54) is 19.4 Å². The minimum Gasteiger partial charge on any atom is -0.490 e. The van der Waals surface area contributed by atoms with Crippen molar-refractivity contribution in [1.82, 2.24) is 10.6 Å². The molecular formula is C26H38N2O6. The van der Waals surface area contributed by atoms with E-state index in [4.69, 9.17) is 9.47 Å². The fourth-order valence-corrected chi connectivity index (χ4v) is 3.05. The van der Waals surface area contributed by atoms with Gasteiger partial charge in [0, 0.05) is 18.9 Å². The highest BCUT2D eigenvalue weighted by Crippen LogP contribution is 2.20. The van der Waals surface area contributed by atoms with Crippen molar-refractivity contribution in [3.05, 3.63) is 60.6 Å². The van der Waals surface area contributed by atoms with Gasteiger partial charge in [-0.05, 0) is 37.5 Å². The summed E-state index contributed by atoms with van der Waals surface area (Å²) in [7, 11) is 1.42. The molecule has 188 valence electrons. The molecule has 0 aromatic carbocycles. The van der Waals surface area contributed by atoms with Gasteiger partial charge in [0.2, 0.25) is 11.8 Å². The van der Waals surface area contributed by atoms with E-state index in [0.29, 0.717) is 25.7 Å². The van der Waals surface area contributed by atoms with Gasteiger partial charge < -0.3 is 25.2 Å². The molecule has 0 fully saturated rings. The number of aliphatic hydroxyl groups is 1. The largest absolute Gasteiger partial charge is 0.490 e. The summed E-state index contributed by atoms with van der Waals surface area (Å²) in [4.78, 5) is 36.6. The third-order valence-electron chi connectivity index (χ3n) is 4.96. The van der Waals surface area contributed by atoms with E-state index >= 15 is 0 Å². The third kappa shape index (κ3) is 11.1. The number of ether oxygens (including phenoxy) is 2. The van der Waals surface area contributed by atoms with Gasteiger partial charge >= 0.3 is 5.97 Å². The number of allylic oxidation sites excluding steroid dienone is 3. The molecule has 1 rings (SSSR count). The summed E-state index contributed by atoms with van der Waals surface area (Å²) in [5, 5.41) is 15.2. The Labute approximate surface area is 202 Å². The zero-order valence-electron chi connectivity index (χ0n) is 20.7. The molecule has 0 unspecified atom stereocenters. The maximum Gasteiger partial charge on any atom is 0.373 e. The number of carbonyl (C=O) groups is 3. The van der Waals surface area contributed by atoms with Gasteiger partial charge in [0.05, 0.1) is 13.2 Å². The summed E-state index contributed by atoms with van der Waals surface area (Å²) in [6.07, 6.45) is 16.3. The summed E-state index contributed by atoms with van der Waals surface area (Å²) in [6, 6.07) is -0.755. The van der Waals surface area contributed by atoms with Crippen LogP contribution in [0.3, 0.4) is 0 Å². The lowest BCUT2D eigenvalue weighted by Gasteiger charge is -2.29. The first-order valence-electron chi connectivity index (χ1n) is 11.4. The smallest absolute Gasteiger partial charge is 0.373 e. The summed E-state index contributed by atoms with van der Waals surface area (Å²) in [5.74, 6) is -1.01. The Morgan fingerprint density at radius 1 is 1.24 bits per heavy atom. The van der Waals surface area contributed by atoms with Crippen LogP contribution in [0.2, 0.25) is 0 Å². The fraction of sp³-hybridized carbons (Fsp3) is 0.500. The van der Waals surface area contributed by atoms with Crippen LogP contribution < -0.4 is 10.6 Å². The Bertz CT molecular complexity index is 833. The molecule has 0 aromatic rings. The quantitative estimate of drug-likeness (QED) is 0.173. The molecule has 34 heavy (non-hydrogen) atoms. The molecule has 1 aliphatic rings. The van der Waals surface area contributed by atoms with E-state index in [9.17, 15) is 19.5 Å². The van der Waals surface area contributed by atoms with Gasteiger partial charge in [0.15, 0.2) is 5.76 Å². The molecule has 0 bridgehead atoms. The molecule has 1 aliphatic heterocycles. The standard InChI is InChI=1S/C26H38N2O6/c1-6-7-12-19(29)13-11-18-27-24(31)23(26(2,3)4)28-22(30)15-10-8-9-14-20-16-17-21(33-5)25(32)34-20/h6-11,15,17-20,23,29H,12-14,16H2,1-5H3,(H,27,31)(H,28,30)/b7-6-,9-8+,15-10+,18-11-/t19-,20+,23+/m0/s1. The summed E-state index contributed by atoms with van der Waals surface area (Å²) in [5.41, 5.74) is -0.512. The van der Waals surface area contributed by atoms with Crippen molar-refractivity contribution in [2.24, 2.45) is 5.41 Å². The number of carbonyl (C=O) groups excluding carboxylic acids is 3. The lowest BCUT2D eigenvalue weighted by molar-refractivity contribution is -0.149. The van der Waals surface area contributed by atoms with Gasteiger partial charge in [0.1, 0.15) is 12.1 Å². The van der Waals surface area contributed by atoms with Crippen LogP contribution in [0.25, 0.3) is 0 Å². The summed E-state index contributed by atoms with van der Waals surface area (Å²) in [6.45, 7) is 7.47. The van der Waals surface area contributed by atoms with Gasteiger partial charge in [-0.3, -0.25) is 9.59 Å². The zero-order valence-corrected chi connectivity index (χ0v) is 20.7. The van der Waals surface area contributed by atoms with Crippen LogP contribution in [0.1, 0.15) is 53.4 Å². The molecule has 0 aromatic heterocycles. The molecule has 0 saturated carbocycles. The predicted octanol–water partition coefficient (Wildman–Crippen LogP) is 3.21. The normalized spacial score (nSPS) is 18.8. The molecule has 8 heteroatoms. The lowest BCUT2D eigenvalue weighted by Crippen LogP contribution is -2.52. The molecule has 3 N–H and O–H groups in total.